The van der Waals surface area contributed by atoms with E-state index in [-0.39, 0.29) is 23.7 Å². The first-order valence-electron chi connectivity index (χ1n) is 17.2. The van der Waals surface area contributed by atoms with Crippen molar-refractivity contribution < 1.29 is 41.4 Å². The zero-order chi connectivity index (χ0) is 37.0. The first kappa shape index (κ1) is 38.1. The van der Waals surface area contributed by atoms with E-state index in [9.17, 15) is 37.1 Å². The lowest BCUT2D eigenvalue weighted by molar-refractivity contribution is -0.140. The van der Waals surface area contributed by atoms with Crippen LogP contribution in [0.25, 0.3) is 11.1 Å². The third-order valence-electron chi connectivity index (χ3n) is 9.91. The highest BCUT2D eigenvalue weighted by atomic mass is 19.4. The summed E-state index contributed by atoms with van der Waals surface area (Å²) in [6.45, 7) is 5.41. The topological polar surface area (TPSA) is 114 Å². The summed E-state index contributed by atoms with van der Waals surface area (Å²) in [5.74, 6) is -4.64. The van der Waals surface area contributed by atoms with Crippen LogP contribution in [-0.4, -0.2) is 64.3 Å². The van der Waals surface area contributed by atoms with E-state index in [4.69, 9.17) is 4.74 Å². The van der Waals surface area contributed by atoms with Gasteiger partial charge in [0.1, 0.15) is 17.7 Å². The minimum Gasteiger partial charge on any atom is -0.481 e. The standard InChI is InChI=1S/C37H43F5N4O5/c1-21-13-26(38)14-23-9-7-5-4-6-8-10-31(46-18-24(22(2)43-36(46)50)11-12-45-19-27(20-45)51-3)35(49)44-30(17-32(47)48)28-15-25(33(21)23)16-29(34(28)39)37(40,41)42/h13-16,18,27,30-31H,4-12,17,19-20H2,1-3H3,(H,44,49)(H,47,48)/t30-,31-/m0/s1. The fourth-order valence-corrected chi connectivity index (χ4v) is 7.13. The fraction of sp³-hybridized carbons (Fsp3) is 0.514. The van der Waals surface area contributed by atoms with Crippen molar-refractivity contribution in [3.63, 3.8) is 0 Å². The highest BCUT2D eigenvalue weighted by molar-refractivity contribution is 5.82. The van der Waals surface area contributed by atoms with E-state index in [1.807, 2.05) is 0 Å². The van der Waals surface area contributed by atoms with Crippen LogP contribution in [0.3, 0.4) is 0 Å². The number of carbonyl (C=O) groups is 2. The molecule has 3 aromatic rings. The van der Waals surface area contributed by atoms with Gasteiger partial charge in [0.2, 0.25) is 5.91 Å². The number of benzene rings is 2. The third kappa shape index (κ3) is 9.01. The van der Waals surface area contributed by atoms with Gasteiger partial charge in [-0.25, -0.2) is 13.6 Å². The van der Waals surface area contributed by atoms with E-state index in [0.717, 1.165) is 31.1 Å². The number of aromatic nitrogens is 2. The normalized spacial score (nSPS) is 19.6. The number of aliphatic carboxylic acids is 1. The van der Waals surface area contributed by atoms with Crippen molar-refractivity contribution in [1.29, 1.82) is 0 Å². The second-order valence-electron chi connectivity index (χ2n) is 13.6. The van der Waals surface area contributed by atoms with Crippen molar-refractivity contribution in [2.45, 2.75) is 96.0 Å². The van der Waals surface area contributed by atoms with Gasteiger partial charge >= 0.3 is 17.8 Å². The Bertz CT molecular complexity index is 1820. The van der Waals surface area contributed by atoms with Crippen molar-refractivity contribution in [2.75, 3.05) is 26.7 Å². The Balaban J connectivity index is 1.59. The molecule has 2 aliphatic rings. The number of halogens is 5. The molecule has 0 aliphatic carbocycles. The number of methoxy groups -OCH3 is 1. The van der Waals surface area contributed by atoms with Crippen LogP contribution < -0.4 is 11.0 Å². The molecule has 2 aromatic carbocycles. The first-order chi connectivity index (χ1) is 24.2. The number of carboxylic acids is 1. The third-order valence-corrected chi connectivity index (χ3v) is 9.91. The number of amides is 1. The summed E-state index contributed by atoms with van der Waals surface area (Å²) in [7, 11) is 1.65. The van der Waals surface area contributed by atoms with Crippen LogP contribution in [-0.2, 0) is 33.3 Å². The Morgan fingerprint density at radius 2 is 1.75 bits per heavy atom. The Hall–Kier alpha value is -4.17. The molecule has 276 valence electrons. The second kappa shape index (κ2) is 16.0. The van der Waals surface area contributed by atoms with Gasteiger partial charge in [0.15, 0.2) is 0 Å². The monoisotopic (exact) mass is 718 g/mol. The zero-order valence-electron chi connectivity index (χ0n) is 28.9. The highest BCUT2D eigenvalue weighted by Crippen LogP contribution is 2.40. The molecular weight excluding hydrogens is 675 g/mol. The van der Waals surface area contributed by atoms with E-state index in [0.29, 0.717) is 68.0 Å². The van der Waals surface area contributed by atoms with Crippen LogP contribution >= 0.6 is 0 Å². The van der Waals surface area contributed by atoms with Crippen molar-refractivity contribution in [3.8, 4) is 11.1 Å². The molecule has 0 saturated carbocycles. The SMILES string of the molecule is COC1CN(CCc2cn([C@H]3CCCCCCCc4cc(F)cc(C)c4-c4cc(c(F)c(C(F)(F)F)c4)[C@H](CC(=O)O)NC3=O)c(=O)nc2C)C1. The van der Waals surface area contributed by atoms with Crippen LogP contribution in [0.1, 0.15) is 90.5 Å². The number of rotatable bonds is 7. The number of likely N-dealkylation sites (tertiary alicyclic amines) is 1. The maximum absolute atomic E-state index is 16.0. The number of carbonyl (C=O) groups excluding carboxylic acids is 1. The maximum Gasteiger partial charge on any atom is 0.419 e. The molecule has 2 bridgehead atoms. The van der Waals surface area contributed by atoms with E-state index in [1.54, 1.807) is 27.2 Å². The van der Waals surface area contributed by atoms with Gasteiger partial charge in [-0.15, -0.1) is 0 Å². The molecule has 2 atom stereocenters. The molecule has 9 nitrogen and oxygen atoms in total. The van der Waals surface area contributed by atoms with Gasteiger partial charge in [-0.1, -0.05) is 25.7 Å². The predicted molar refractivity (Wildman–Crippen MR) is 179 cm³/mol. The molecule has 1 amide bonds. The summed E-state index contributed by atoms with van der Waals surface area (Å²) in [6, 6.07) is 1.23. The lowest BCUT2D eigenvalue weighted by Gasteiger charge is -2.38. The summed E-state index contributed by atoms with van der Waals surface area (Å²) in [4.78, 5) is 45.8. The summed E-state index contributed by atoms with van der Waals surface area (Å²) in [6.07, 6.45) is -0.201. The number of fused-ring (bicyclic) bond motifs is 4. The lowest BCUT2D eigenvalue weighted by Crippen LogP contribution is -2.52. The maximum atomic E-state index is 16.0. The smallest absolute Gasteiger partial charge is 0.419 e. The van der Waals surface area contributed by atoms with Gasteiger partial charge in [0.05, 0.1) is 24.1 Å². The minimum absolute atomic E-state index is 0.0814. The number of nitrogens with one attached hydrogen (secondary N) is 1. The second-order valence-corrected chi connectivity index (χ2v) is 13.6. The summed E-state index contributed by atoms with van der Waals surface area (Å²) >= 11 is 0. The van der Waals surface area contributed by atoms with Gasteiger partial charge in [0.25, 0.3) is 0 Å². The number of ether oxygens (including phenoxy) is 1. The Morgan fingerprint density at radius 1 is 1.04 bits per heavy atom. The van der Waals surface area contributed by atoms with E-state index >= 15 is 4.39 Å². The van der Waals surface area contributed by atoms with Crippen molar-refractivity contribution in [2.24, 2.45) is 0 Å². The van der Waals surface area contributed by atoms with E-state index in [2.05, 4.69) is 15.2 Å². The number of alkyl halides is 3. The molecule has 1 aromatic heterocycles. The van der Waals surface area contributed by atoms with Crippen LogP contribution in [0, 0.1) is 25.5 Å². The molecule has 2 aliphatic heterocycles. The van der Waals surface area contributed by atoms with Gasteiger partial charge in [-0.05, 0) is 91.6 Å². The molecule has 5 rings (SSSR count). The summed E-state index contributed by atoms with van der Waals surface area (Å²) in [5.41, 5.74) is -0.857. The van der Waals surface area contributed by atoms with Gasteiger partial charge in [-0.2, -0.15) is 18.2 Å². The van der Waals surface area contributed by atoms with E-state index < -0.39 is 65.0 Å². The fourth-order valence-electron chi connectivity index (χ4n) is 7.13. The number of hydrogen-bond acceptors (Lipinski definition) is 6. The van der Waals surface area contributed by atoms with Crippen molar-refractivity contribution in [1.82, 2.24) is 19.8 Å². The van der Waals surface area contributed by atoms with Crippen molar-refractivity contribution in [3.05, 3.63) is 86.1 Å². The minimum atomic E-state index is -5.18. The number of aryl methyl sites for hydroxylation is 3. The number of carboxylic acid groups (broad SMARTS) is 1. The quantitative estimate of drug-likeness (QED) is 0.270. The van der Waals surface area contributed by atoms with Crippen molar-refractivity contribution >= 4 is 11.9 Å². The van der Waals surface area contributed by atoms with Crippen LogP contribution in [0.2, 0.25) is 0 Å². The first-order valence-corrected chi connectivity index (χ1v) is 17.2. The molecule has 1 fully saturated rings. The molecule has 0 spiro atoms. The Morgan fingerprint density at radius 3 is 2.43 bits per heavy atom. The molecule has 51 heavy (non-hydrogen) atoms. The average molecular weight is 719 g/mol. The van der Waals surface area contributed by atoms with Crippen LogP contribution in [0.5, 0.6) is 0 Å². The molecule has 3 heterocycles. The largest absolute Gasteiger partial charge is 0.481 e. The van der Waals surface area contributed by atoms with Crippen LogP contribution in [0.4, 0.5) is 22.0 Å². The van der Waals surface area contributed by atoms with Crippen LogP contribution in [0.15, 0.2) is 35.3 Å². The van der Waals surface area contributed by atoms with Gasteiger partial charge < -0.3 is 15.2 Å². The summed E-state index contributed by atoms with van der Waals surface area (Å²) in [5, 5.41) is 12.3. The summed E-state index contributed by atoms with van der Waals surface area (Å²) < 4.78 is 80.2. The molecule has 14 heteroatoms. The van der Waals surface area contributed by atoms with E-state index in [1.165, 1.54) is 16.7 Å². The Kier molecular flexibility index (Phi) is 12.0. The molecule has 0 unspecified atom stereocenters. The van der Waals surface area contributed by atoms with Gasteiger partial charge in [-0.3, -0.25) is 19.1 Å². The number of nitrogens with zero attached hydrogens (tertiary/aromatic N) is 3. The highest BCUT2D eigenvalue weighted by Gasteiger charge is 2.38. The Labute approximate surface area is 292 Å². The zero-order valence-corrected chi connectivity index (χ0v) is 28.9. The molecule has 0 radical (unpaired) electrons. The predicted octanol–water partition coefficient (Wildman–Crippen LogP) is 6.47. The number of hydrogen-bond donors (Lipinski definition) is 2. The van der Waals surface area contributed by atoms with Gasteiger partial charge in [0, 0.05) is 44.2 Å². The molecule has 2 N–H and O–H groups in total. The molecular formula is C37H43F5N4O5. The molecule has 1 saturated heterocycles. The lowest BCUT2D eigenvalue weighted by atomic mass is 9.87. The average Bonchev–Trinajstić information content (AvgIpc) is 3.01.